The lowest BCUT2D eigenvalue weighted by atomic mass is 10.2. The summed E-state index contributed by atoms with van der Waals surface area (Å²) in [6.45, 7) is 3.57. The van der Waals surface area contributed by atoms with E-state index < -0.39 is 20.7 Å². The maximum Gasteiger partial charge on any atom is 0.266 e. The van der Waals surface area contributed by atoms with E-state index in [0.717, 1.165) is 5.56 Å². The molecular formula is C23H21FN4O3S. The second-order valence-corrected chi connectivity index (χ2v) is 8.91. The molecule has 1 heterocycles. The van der Waals surface area contributed by atoms with E-state index >= 15 is 0 Å². The van der Waals surface area contributed by atoms with Crippen LogP contribution in [0.1, 0.15) is 11.1 Å². The Balaban J connectivity index is 1.81. The first-order valence-corrected chi connectivity index (χ1v) is 11.2. The number of methoxy groups -OCH3 is 1. The molecule has 9 heteroatoms. The van der Waals surface area contributed by atoms with Crippen molar-refractivity contribution < 1.29 is 17.5 Å². The molecule has 4 aromatic rings. The number of para-hydroxylation sites is 2. The number of hydrogen-bond donors (Lipinski definition) is 2. The fraction of sp³-hybridized carbons (Fsp3) is 0.130. The highest BCUT2D eigenvalue weighted by atomic mass is 32.2. The Morgan fingerprint density at radius 2 is 1.59 bits per heavy atom. The Morgan fingerprint density at radius 1 is 0.906 bits per heavy atom. The van der Waals surface area contributed by atoms with Gasteiger partial charge < -0.3 is 10.1 Å². The second-order valence-electron chi connectivity index (χ2n) is 7.25. The van der Waals surface area contributed by atoms with Crippen LogP contribution in [0.15, 0.2) is 65.6 Å². The fourth-order valence-electron chi connectivity index (χ4n) is 3.15. The third kappa shape index (κ3) is 4.33. The molecule has 0 fully saturated rings. The minimum Gasteiger partial charge on any atom is -0.497 e. The summed E-state index contributed by atoms with van der Waals surface area (Å²) in [5.41, 5.74) is 3.22. The number of fused-ring (bicyclic) bond motifs is 1. The van der Waals surface area contributed by atoms with E-state index in [0.29, 0.717) is 28.0 Å². The van der Waals surface area contributed by atoms with Crippen LogP contribution in [0, 0.1) is 19.7 Å². The molecule has 0 atom stereocenters. The number of rotatable bonds is 6. The second kappa shape index (κ2) is 8.43. The number of benzene rings is 3. The summed E-state index contributed by atoms with van der Waals surface area (Å²) in [6.07, 6.45) is 0. The average Bonchev–Trinajstić information content (AvgIpc) is 2.75. The molecule has 7 nitrogen and oxygen atoms in total. The Hall–Kier alpha value is -3.72. The highest BCUT2D eigenvalue weighted by Gasteiger charge is 2.22. The molecule has 0 amide bonds. The minimum atomic E-state index is -4.26. The zero-order chi connectivity index (χ0) is 22.9. The van der Waals surface area contributed by atoms with E-state index in [9.17, 15) is 12.8 Å². The number of sulfonamides is 1. The van der Waals surface area contributed by atoms with Gasteiger partial charge in [-0.15, -0.1) is 0 Å². The van der Waals surface area contributed by atoms with E-state index in [2.05, 4.69) is 20.0 Å². The predicted octanol–water partition coefficient (Wildman–Crippen LogP) is 4.94. The third-order valence-electron chi connectivity index (χ3n) is 4.88. The van der Waals surface area contributed by atoms with Crippen molar-refractivity contribution in [1.29, 1.82) is 0 Å². The number of ether oxygens (including phenoxy) is 1. The molecule has 1 aromatic heterocycles. The molecule has 4 rings (SSSR count). The number of anilines is 3. The first kappa shape index (κ1) is 21.5. The van der Waals surface area contributed by atoms with Crippen molar-refractivity contribution in [1.82, 2.24) is 9.97 Å². The summed E-state index contributed by atoms with van der Waals surface area (Å²) in [6, 6.07) is 16.4. The van der Waals surface area contributed by atoms with Crippen LogP contribution in [0.5, 0.6) is 5.75 Å². The van der Waals surface area contributed by atoms with Crippen molar-refractivity contribution in [3.05, 3.63) is 77.6 Å². The van der Waals surface area contributed by atoms with Crippen LogP contribution < -0.4 is 14.8 Å². The number of halogens is 1. The van der Waals surface area contributed by atoms with Crippen molar-refractivity contribution in [3.8, 4) is 5.75 Å². The van der Waals surface area contributed by atoms with Crippen molar-refractivity contribution in [2.45, 2.75) is 18.7 Å². The number of nitrogens with one attached hydrogen (secondary N) is 2. The van der Waals surface area contributed by atoms with Gasteiger partial charge in [-0.1, -0.05) is 24.3 Å². The van der Waals surface area contributed by atoms with Gasteiger partial charge in [0.2, 0.25) is 0 Å². The van der Waals surface area contributed by atoms with Gasteiger partial charge >= 0.3 is 0 Å². The molecule has 0 aliphatic carbocycles. The van der Waals surface area contributed by atoms with E-state index in [1.807, 2.05) is 25.1 Å². The van der Waals surface area contributed by atoms with Crippen LogP contribution in [0.25, 0.3) is 11.0 Å². The van der Waals surface area contributed by atoms with Crippen LogP contribution in [0.4, 0.5) is 21.7 Å². The van der Waals surface area contributed by atoms with Gasteiger partial charge in [0, 0.05) is 11.8 Å². The largest absolute Gasteiger partial charge is 0.497 e. The van der Waals surface area contributed by atoms with Crippen LogP contribution in [-0.2, 0) is 10.0 Å². The predicted molar refractivity (Wildman–Crippen MR) is 122 cm³/mol. The van der Waals surface area contributed by atoms with Gasteiger partial charge in [-0.25, -0.2) is 22.8 Å². The molecule has 0 spiro atoms. The summed E-state index contributed by atoms with van der Waals surface area (Å²) in [4.78, 5) is 8.51. The van der Waals surface area contributed by atoms with Gasteiger partial charge in [-0.3, -0.25) is 4.72 Å². The smallest absolute Gasteiger partial charge is 0.266 e. The molecule has 0 radical (unpaired) electrons. The van der Waals surface area contributed by atoms with Crippen molar-refractivity contribution in [3.63, 3.8) is 0 Å². The van der Waals surface area contributed by atoms with Crippen LogP contribution >= 0.6 is 0 Å². The maximum absolute atomic E-state index is 14.4. The Morgan fingerprint density at radius 3 is 2.25 bits per heavy atom. The number of aryl methyl sites for hydroxylation is 2. The zero-order valence-electron chi connectivity index (χ0n) is 17.7. The summed E-state index contributed by atoms with van der Waals surface area (Å²) in [5, 5.41) is 3.13. The van der Waals surface area contributed by atoms with Gasteiger partial charge in [0.05, 0.1) is 18.1 Å². The monoisotopic (exact) mass is 452 g/mol. The van der Waals surface area contributed by atoms with E-state index in [1.54, 1.807) is 38.3 Å². The SMILES string of the molecule is COc1ccc(C)c(Nc2nc3ccccc3nc2NS(=O)(=O)c2ccc(C)cc2F)c1. The standard InChI is InChI=1S/C23H21FN4O3S/c1-14-8-11-21(17(24)12-14)32(29,30)28-23-22(25-18-6-4-5-7-19(18)26-23)27-20-13-16(31-3)10-9-15(20)2/h4-13H,1-3H3,(H,25,27)(H,26,28). The summed E-state index contributed by atoms with van der Waals surface area (Å²) < 4.78 is 48.0. The summed E-state index contributed by atoms with van der Waals surface area (Å²) in [7, 11) is -2.70. The van der Waals surface area contributed by atoms with E-state index in [4.69, 9.17) is 4.74 Å². The lowest BCUT2D eigenvalue weighted by Crippen LogP contribution is -2.17. The number of aromatic nitrogens is 2. The van der Waals surface area contributed by atoms with Crippen LogP contribution in [0.2, 0.25) is 0 Å². The highest BCUT2D eigenvalue weighted by Crippen LogP contribution is 2.30. The summed E-state index contributed by atoms with van der Waals surface area (Å²) in [5.74, 6) is -0.0952. The molecule has 0 unspecified atom stereocenters. The lowest BCUT2D eigenvalue weighted by molar-refractivity contribution is 0.415. The van der Waals surface area contributed by atoms with Crippen LogP contribution in [0.3, 0.4) is 0 Å². The van der Waals surface area contributed by atoms with Crippen molar-refractivity contribution in [2.75, 3.05) is 17.1 Å². The van der Waals surface area contributed by atoms with Gasteiger partial charge in [-0.2, -0.15) is 0 Å². The Bertz CT molecular complexity index is 1420. The first-order valence-electron chi connectivity index (χ1n) is 9.74. The quantitative estimate of drug-likeness (QED) is 0.431. The maximum atomic E-state index is 14.4. The molecule has 0 aliphatic heterocycles. The molecule has 3 aromatic carbocycles. The molecule has 0 bridgehead atoms. The topological polar surface area (TPSA) is 93.2 Å². The van der Waals surface area contributed by atoms with Crippen molar-refractivity contribution in [2.24, 2.45) is 0 Å². The molecule has 32 heavy (non-hydrogen) atoms. The van der Waals surface area contributed by atoms with Gasteiger partial charge in [0.1, 0.15) is 16.5 Å². The average molecular weight is 453 g/mol. The number of nitrogens with zero attached hydrogens (tertiary/aromatic N) is 2. The summed E-state index contributed by atoms with van der Waals surface area (Å²) >= 11 is 0. The zero-order valence-corrected chi connectivity index (χ0v) is 18.5. The Kier molecular flexibility index (Phi) is 5.67. The van der Waals surface area contributed by atoms with Gasteiger partial charge in [-0.05, 0) is 55.3 Å². The van der Waals surface area contributed by atoms with Gasteiger partial charge in [0.15, 0.2) is 11.6 Å². The first-order chi connectivity index (χ1) is 15.3. The Labute approximate surface area is 185 Å². The van der Waals surface area contributed by atoms with E-state index in [-0.39, 0.29) is 11.6 Å². The molecule has 164 valence electrons. The molecule has 2 N–H and O–H groups in total. The minimum absolute atomic E-state index is 0.0501. The number of hydrogen-bond acceptors (Lipinski definition) is 6. The molecule has 0 saturated carbocycles. The normalized spacial score (nSPS) is 11.4. The lowest BCUT2D eigenvalue weighted by Gasteiger charge is -2.16. The third-order valence-corrected chi connectivity index (χ3v) is 6.25. The molecular weight excluding hydrogens is 431 g/mol. The fourth-order valence-corrected chi connectivity index (χ4v) is 4.22. The highest BCUT2D eigenvalue weighted by molar-refractivity contribution is 7.92. The molecule has 0 aliphatic rings. The van der Waals surface area contributed by atoms with Crippen molar-refractivity contribution >= 4 is 38.4 Å². The van der Waals surface area contributed by atoms with Crippen LogP contribution in [-0.4, -0.2) is 25.5 Å². The van der Waals surface area contributed by atoms with E-state index in [1.165, 1.54) is 18.2 Å². The molecule has 0 saturated heterocycles. The van der Waals surface area contributed by atoms with Gasteiger partial charge in [0.25, 0.3) is 10.0 Å².